The number of carbonyl (C=O) groups excluding carboxylic acids is 1. The van der Waals surface area contributed by atoms with Crippen LogP contribution in [-0.2, 0) is 9.53 Å². The monoisotopic (exact) mass is 222 g/mol. The Bertz CT molecular complexity index is 319. The topological polar surface area (TPSA) is 46.5 Å². The number of esters is 1. The Kier molecular flexibility index (Phi) is 4.99. The number of aliphatic hydroxyl groups excluding tert-OH is 1. The zero-order valence-corrected chi connectivity index (χ0v) is 9.72. The van der Waals surface area contributed by atoms with Crippen LogP contribution in [0.25, 0.3) is 0 Å². The van der Waals surface area contributed by atoms with Crippen LogP contribution in [0.3, 0.4) is 0 Å². The first-order valence-electron chi connectivity index (χ1n) is 5.51. The quantitative estimate of drug-likeness (QED) is 0.778. The van der Waals surface area contributed by atoms with E-state index in [0.29, 0.717) is 18.1 Å². The summed E-state index contributed by atoms with van der Waals surface area (Å²) in [6.45, 7) is 4.48. The number of benzene rings is 1. The van der Waals surface area contributed by atoms with E-state index in [-0.39, 0.29) is 0 Å². The minimum Gasteiger partial charge on any atom is -0.464 e. The molecule has 0 amide bonds. The predicted octanol–water partition coefficient (Wildman–Crippen LogP) is 2.31. The molecule has 0 radical (unpaired) electrons. The highest BCUT2D eigenvalue weighted by molar-refractivity contribution is 5.76. The molecule has 0 aliphatic heterocycles. The second-order valence-corrected chi connectivity index (χ2v) is 4.16. The van der Waals surface area contributed by atoms with Gasteiger partial charge in [0, 0.05) is 0 Å². The summed E-state index contributed by atoms with van der Waals surface area (Å²) in [4.78, 5) is 11.5. The van der Waals surface area contributed by atoms with Crippen molar-refractivity contribution in [1.29, 1.82) is 0 Å². The van der Waals surface area contributed by atoms with Crippen molar-refractivity contribution in [2.24, 2.45) is 5.92 Å². The van der Waals surface area contributed by atoms with E-state index in [1.54, 1.807) is 24.3 Å². The lowest BCUT2D eigenvalue weighted by molar-refractivity contribution is -0.154. The van der Waals surface area contributed by atoms with Gasteiger partial charge in [-0.1, -0.05) is 44.2 Å². The van der Waals surface area contributed by atoms with Gasteiger partial charge in [-0.2, -0.15) is 0 Å². The molecule has 1 aromatic carbocycles. The lowest BCUT2D eigenvalue weighted by atomic mass is 10.1. The highest BCUT2D eigenvalue weighted by Gasteiger charge is 2.18. The predicted molar refractivity (Wildman–Crippen MR) is 61.8 cm³/mol. The van der Waals surface area contributed by atoms with Crippen molar-refractivity contribution in [3.05, 3.63) is 35.9 Å². The molecule has 0 aliphatic carbocycles. The molecule has 0 saturated carbocycles. The Morgan fingerprint density at radius 1 is 1.31 bits per heavy atom. The Balaban J connectivity index is 2.43. The maximum atomic E-state index is 11.5. The van der Waals surface area contributed by atoms with Crippen molar-refractivity contribution in [2.75, 3.05) is 6.61 Å². The summed E-state index contributed by atoms with van der Waals surface area (Å²) in [5.74, 6) is -0.0893. The fraction of sp³-hybridized carbons (Fsp3) is 0.462. The molecule has 1 aromatic rings. The van der Waals surface area contributed by atoms with Gasteiger partial charge in [-0.3, -0.25) is 0 Å². The summed E-state index contributed by atoms with van der Waals surface area (Å²) in [6, 6.07) is 8.79. The lowest BCUT2D eigenvalue weighted by Crippen LogP contribution is -2.16. The van der Waals surface area contributed by atoms with E-state index in [4.69, 9.17) is 4.74 Å². The molecule has 1 rings (SSSR count). The maximum absolute atomic E-state index is 11.5. The molecule has 16 heavy (non-hydrogen) atoms. The molecule has 0 bridgehead atoms. The summed E-state index contributed by atoms with van der Waals surface area (Å²) in [7, 11) is 0. The molecule has 88 valence electrons. The summed E-state index contributed by atoms with van der Waals surface area (Å²) in [6.07, 6.45) is -0.360. The summed E-state index contributed by atoms with van der Waals surface area (Å²) in [5.41, 5.74) is 0.567. The molecule has 0 heterocycles. The molecular weight excluding hydrogens is 204 g/mol. The maximum Gasteiger partial charge on any atom is 0.339 e. The Morgan fingerprint density at radius 2 is 1.94 bits per heavy atom. The second-order valence-electron chi connectivity index (χ2n) is 4.16. The third kappa shape index (κ3) is 4.03. The molecule has 0 unspecified atom stereocenters. The minimum absolute atomic E-state index is 0.362. The SMILES string of the molecule is CC(C)CCOC(=O)[C@H](O)c1ccccc1. The van der Waals surface area contributed by atoms with E-state index in [1.165, 1.54) is 0 Å². The third-order valence-electron chi connectivity index (χ3n) is 2.28. The van der Waals surface area contributed by atoms with E-state index < -0.39 is 12.1 Å². The number of hydrogen-bond acceptors (Lipinski definition) is 3. The van der Waals surface area contributed by atoms with Crippen molar-refractivity contribution in [1.82, 2.24) is 0 Å². The number of ether oxygens (including phenoxy) is 1. The fourth-order valence-corrected chi connectivity index (χ4v) is 1.25. The first-order valence-corrected chi connectivity index (χ1v) is 5.51. The number of aliphatic hydroxyl groups is 1. The molecular formula is C13H18O3. The molecule has 0 fully saturated rings. The van der Waals surface area contributed by atoms with Gasteiger partial charge in [0.25, 0.3) is 0 Å². The van der Waals surface area contributed by atoms with Crippen molar-refractivity contribution >= 4 is 5.97 Å². The smallest absolute Gasteiger partial charge is 0.339 e. The van der Waals surface area contributed by atoms with Crippen LogP contribution in [0.1, 0.15) is 31.9 Å². The molecule has 1 atom stereocenters. The molecule has 0 saturated heterocycles. The Labute approximate surface area is 96.1 Å². The van der Waals surface area contributed by atoms with Crippen LogP contribution >= 0.6 is 0 Å². The normalized spacial score (nSPS) is 12.5. The highest BCUT2D eigenvalue weighted by Crippen LogP contribution is 2.14. The van der Waals surface area contributed by atoms with E-state index >= 15 is 0 Å². The fourth-order valence-electron chi connectivity index (χ4n) is 1.25. The van der Waals surface area contributed by atoms with Gasteiger partial charge in [0.15, 0.2) is 6.10 Å². The van der Waals surface area contributed by atoms with Gasteiger partial charge < -0.3 is 9.84 Å². The standard InChI is InChI=1S/C13H18O3/c1-10(2)8-9-16-13(15)12(14)11-6-4-3-5-7-11/h3-7,10,12,14H,8-9H2,1-2H3/t12-/m1/s1. The van der Waals surface area contributed by atoms with Crippen LogP contribution in [-0.4, -0.2) is 17.7 Å². The molecule has 1 N–H and O–H groups in total. The number of hydrogen-bond donors (Lipinski definition) is 1. The first kappa shape index (κ1) is 12.7. The van der Waals surface area contributed by atoms with Crippen LogP contribution in [0.5, 0.6) is 0 Å². The van der Waals surface area contributed by atoms with E-state index in [0.717, 1.165) is 6.42 Å². The van der Waals surface area contributed by atoms with Gasteiger partial charge in [0.1, 0.15) is 0 Å². The zero-order valence-electron chi connectivity index (χ0n) is 9.72. The Hall–Kier alpha value is -1.35. The average molecular weight is 222 g/mol. The third-order valence-corrected chi connectivity index (χ3v) is 2.28. The highest BCUT2D eigenvalue weighted by atomic mass is 16.5. The van der Waals surface area contributed by atoms with Crippen molar-refractivity contribution in [2.45, 2.75) is 26.4 Å². The summed E-state index contributed by atoms with van der Waals surface area (Å²) in [5, 5.41) is 9.68. The molecule has 3 heteroatoms. The van der Waals surface area contributed by atoms with Gasteiger partial charge in [-0.25, -0.2) is 4.79 Å². The van der Waals surface area contributed by atoms with Crippen LogP contribution in [0.15, 0.2) is 30.3 Å². The molecule has 0 aliphatic rings. The van der Waals surface area contributed by atoms with Crippen LogP contribution in [0, 0.1) is 5.92 Å². The number of carbonyl (C=O) groups is 1. The van der Waals surface area contributed by atoms with Gasteiger partial charge in [0.05, 0.1) is 6.61 Å². The molecule has 0 spiro atoms. The Morgan fingerprint density at radius 3 is 2.50 bits per heavy atom. The van der Waals surface area contributed by atoms with Crippen molar-refractivity contribution in [3.63, 3.8) is 0 Å². The zero-order chi connectivity index (χ0) is 12.0. The summed E-state index contributed by atoms with van der Waals surface area (Å²) >= 11 is 0. The van der Waals surface area contributed by atoms with Gasteiger partial charge >= 0.3 is 5.97 Å². The van der Waals surface area contributed by atoms with Gasteiger partial charge in [-0.15, -0.1) is 0 Å². The van der Waals surface area contributed by atoms with Gasteiger partial charge in [-0.05, 0) is 17.9 Å². The van der Waals surface area contributed by atoms with Crippen molar-refractivity contribution in [3.8, 4) is 0 Å². The van der Waals surface area contributed by atoms with E-state index in [9.17, 15) is 9.90 Å². The second kappa shape index (κ2) is 6.28. The molecule has 0 aromatic heterocycles. The number of rotatable bonds is 5. The minimum atomic E-state index is -1.17. The molecule has 3 nitrogen and oxygen atoms in total. The largest absolute Gasteiger partial charge is 0.464 e. The van der Waals surface area contributed by atoms with E-state index in [1.807, 2.05) is 6.07 Å². The van der Waals surface area contributed by atoms with E-state index in [2.05, 4.69) is 13.8 Å². The van der Waals surface area contributed by atoms with Crippen LogP contribution in [0.2, 0.25) is 0 Å². The first-order chi connectivity index (χ1) is 7.61. The average Bonchev–Trinajstić information content (AvgIpc) is 2.28. The van der Waals surface area contributed by atoms with Crippen molar-refractivity contribution < 1.29 is 14.6 Å². The lowest BCUT2D eigenvalue weighted by Gasteiger charge is -2.11. The summed E-state index contributed by atoms with van der Waals surface area (Å²) < 4.78 is 4.98. The van der Waals surface area contributed by atoms with Crippen LogP contribution < -0.4 is 0 Å². The van der Waals surface area contributed by atoms with Crippen LogP contribution in [0.4, 0.5) is 0 Å². The van der Waals surface area contributed by atoms with Gasteiger partial charge in [0.2, 0.25) is 0 Å².